The Labute approximate surface area is 175 Å². The van der Waals surface area contributed by atoms with Crippen molar-refractivity contribution < 1.29 is 14.6 Å². The fourth-order valence-electron chi connectivity index (χ4n) is 4.96. The van der Waals surface area contributed by atoms with Gasteiger partial charge in [0.15, 0.2) is 0 Å². The number of carbonyl (C=O) groups is 1. The minimum absolute atomic E-state index is 0.0963. The zero-order chi connectivity index (χ0) is 19.9. The van der Waals surface area contributed by atoms with Crippen LogP contribution in [0.4, 0.5) is 0 Å². The van der Waals surface area contributed by atoms with Crippen molar-refractivity contribution in [2.24, 2.45) is 0 Å². The molecule has 6 heteroatoms. The highest BCUT2D eigenvalue weighted by Gasteiger charge is 2.46. The van der Waals surface area contributed by atoms with Gasteiger partial charge in [0.2, 0.25) is 0 Å². The van der Waals surface area contributed by atoms with Crippen molar-refractivity contribution in [1.82, 2.24) is 10.2 Å². The highest BCUT2D eigenvalue weighted by molar-refractivity contribution is 7.15. The zero-order valence-corrected chi connectivity index (χ0v) is 17.5. The van der Waals surface area contributed by atoms with Gasteiger partial charge in [-0.15, -0.1) is 11.3 Å². The first-order valence-corrected chi connectivity index (χ1v) is 11.5. The molecule has 3 aliphatic rings. The minimum atomic E-state index is -1.20. The van der Waals surface area contributed by atoms with Crippen LogP contribution in [0.25, 0.3) is 10.4 Å². The topological polar surface area (TPSA) is 61.8 Å². The second-order valence-corrected chi connectivity index (χ2v) is 9.55. The van der Waals surface area contributed by atoms with Crippen LogP contribution in [0.15, 0.2) is 36.4 Å². The smallest absolute Gasteiger partial charge is 0.254 e. The molecule has 29 heavy (non-hydrogen) atoms. The molecular formula is C23H28N2O3S. The van der Waals surface area contributed by atoms with E-state index in [0.717, 1.165) is 25.9 Å². The number of rotatable bonds is 2. The molecule has 0 unspecified atom stereocenters. The summed E-state index contributed by atoms with van der Waals surface area (Å²) in [5, 5.41) is 14.0. The molecule has 0 bridgehead atoms. The van der Waals surface area contributed by atoms with Crippen LogP contribution in [-0.4, -0.2) is 54.3 Å². The molecule has 5 rings (SSSR count). The Balaban J connectivity index is 1.35. The monoisotopic (exact) mass is 412 g/mol. The molecule has 1 aromatic heterocycles. The van der Waals surface area contributed by atoms with Crippen LogP contribution in [0.5, 0.6) is 0 Å². The van der Waals surface area contributed by atoms with Crippen molar-refractivity contribution in [3.05, 3.63) is 46.8 Å². The molecule has 2 N–H and O–H groups in total. The van der Waals surface area contributed by atoms with Crippen molar-refractivity contribution in [2.45, 2.75) is 43.3 Å². The number of ether oxygens (including phenoxy) is 1. The molecule has 4 heterocycles. The van der Waals surface area contributed by atoms with Gasteiger partial charge in [0, 0.05) is 22.8 Å². The Morgan fingerprint density at radius 2 is 1.83 bits per heavy atom. The molecule has 0 atom stereocenters. The van der Waals surface area contributed by atoms with Crippen LogP contribution < -0.4 is 5.32 Å². The highest BCUT2D eigenvalue weighted by atomic mass is 32.1. The van der Waals surface area contributed by atoms with Crippen molar-refractivity contribution in [3.63, 3.8) is 0 Å². The Morgan fingerprint density at radius 3 is 2.55 bits per heavy atom. The van der Waals surface area contributed by atoms with Crippen LogP contribution in [0, 0.1) is 0 Å². The second kappa shape index (κ2) is 7.51. The highest BCUT2D eigenvalue weighted by Crippen LogP contribution is 2.47. The first-order valence-electron chi connectivity index (χ1n) is 10.6. The molecule has 2 saturated heterocycles. The number of carbonyl (C=O) groups excluding carboxylic acids is 1. The molecule has 3 aliphatic heterocycles. The maximum absolute atomic E-state index is 13.0. The van der Waals surface area contributed by atoms with Gasteiger partial charge in [0.25, 0.3) is 5.91 Å². The molecular weight excluding hydrogens is 384 g/mol. The molecule has 5 nitrogen and oxygen atoms in total. The summed E-state index contributed by atoms with van der Waals surface area (Å²) >= 11 is 1.84. The zero-order valence-electron chi connectivity index (χ0n) is 16.7. The van der Waals surface area contributed by atoms with E-state index in [9.17, 15) is 9.90 Å². The first kappa shape index (κ1) is 19.2. The summed E-state index contributed by atoms with van der Waals surface area (Å²) in [5.74, 6) is -0.0963. The number of likely N-dealkylation sites (tertiary alicyclic amines) is 1. The number of thiophene rings is 1. The number of hydrogen-bond donors (Lipinski definition) is 2. The van der Waals surface area contributed by atoms with E-state index >= 15 is 0 Å². The third-order valence-electron chi connectivity index (χ3n) is 6.72. The molecule has 0 saturated carbocycles. The number of nitrogens with zero attached hydrogens (tertiary/aromatic N) is 1. The van der Waals surface area contributed by atoms with Crippen molar-refractivity contribution in [3.8, 4) is 10.4 Å². The van der Waals surface area contributed by atoms with E-state index in [1.165, 1.54) is 20.9 Å². The maximum atomic E-state index is 13.0. The normalized spacial score (nSPS) is 23.0. The Morgan fingerprint density at radius 1 is 1.10 bits per heavy atom. The maximum Gasteiger partial charge on any atom is 0.254 e. The van der Waals surface area contributed by atoms with E-state index in [1.807, 2.05) is 22.3 Å². The van der Waals surface area contributed by atoms with Crippen LogP contribution in [0.3, 0.4) is 0 Å². The molecule has 1 spiro atoms. The third kappa shape index (κ3) is 3.42. The molecule has 0 radical (unpaired) electrons. The average molecular weight is 413 g/mol. The average Bonchev–Trinajstić information content (AvgIpc) is 3.21. The summed E-state index contributed by atoms with van der Waals surface area (Å²) in [6.45, 7) is 3.43. The van der Waals surface area contributed by atoms with E-state index in [2.05, 4.69) is 35.6 Å². The van der Waals surface area contributed by atoms with Crippen LogP contribution in [0.2, 0.25) is 0 Å². The number of amides is 1. The largest absolute Gasteiger partial charge is 0.380 e. The molecule has 2 aromatic rings. The number of nitrogens with one attached hydrogen (secondary N) is 1. The van der Waals surface area contributed by atoms with Crippen molar-refractivity contribution in [1.29, 1.82) is 0 Å². The summed E-state index contributed by atoms with van der Waals surface area (Å²) < 4.78 is 6.38. The Hall–Kier alpha value is -1.73. The Kier molecular flexibility index (Phi) is 4.98. The van der Waals surface area contributed by atoms with Gasteiger partial charge in [-0.1, -0.05) is 30.3 Å². The van der Waals surface area contributed by atoms with E-state index in [1.54, 1.807) is 0 Å². The molecule has 0 aliphatic carbocycles. The molecule has 2 fully saturated rings. The lowest BCUT2D eigenvalue weighted by Gasteiger charge is -2.45. The summed E-state index contributed by atoms with van der Waals surface area (Å²) in [7, 11) is 0. The van der Waals surface area contributed by atoms with Gasteiger partial charge in [-0.05, 0) is 62.4 Å². The molecule has 1 aromatic carbocycles. The standard InChI is InChI=1S/C23H28N2O3S/c26-21(22(27)7-11-24-12-8-22)25-13-9-23(10-14-25)20-18(6-15-28-23)16-19(29-20)17-4-2-1-3-5-17/h1-5,16,24,27H,6-15H2. The van der Waals surface area contributed by atoms with Gasteiger partial charge in [-0.3, -0.25) is 4.79 Å². The summed E-state index contributed by atoms with van der Waals surface area (Å²) in [5.41, 5.74) is 1.18. The van der Waals surface area contributed by atoms with E-state index < -0.39 is 5.60 Å². The van der Waals surface area contributed by atoms with Crippen LogP contribution in [0.1, 0.15) is 36.1 Å². The van der Waals surface area contributed by atoms with E-state index in [0.29, 0.717) is 39.0 Å². The molecule has 1 amide bonds. The van der Waals surface area contributed by atoms with Gasteiger partial charge in [-0.2, -0.15) is 0 Å². The van der Waals surface area contributed by atoms with E-state index in [4.69, 9.17) is 4.74 Å². The number of benzene rings is 1. The number of hydrogen-bond acceptors (Lipinski definition) is 5. The SMILES string of the molecule is O=C(N1CCC2(CC1)OCCc1cc(-c3ccccc3)sc12)C1(O)CCNCC1. The first-order chi connectivity index (χ1) is 14.1. The fraction of sp³-hybridized carbons (Fsp3) is 0.522. The fourth-order valence-corrected chi connectivity index (χ4v) is 6.37. The Bertz CT molecular complexity index is 881. The molecule has 154 valence electrons. The van der Waals surface area contributed by atoms with Gasteiger partial charge in [0.05, 0.1) is 6.61 Å². The van der Waals surface area contributed by atoms with Crippen LogP contribution in [-0.2, 0) is 21.6 Å². The lowest BCUT2D eigenvalue weighted by Crippen LogP contribution is -2.57. The number of fused-ring (bicyclic) bond motifs is 2. The summed E-state index contributed by atoms with van der Waals surface area (Å²) in [4.78, 5) is 17.5. The van der Waals surface area contributed by atoms with Crippen LogP contribution >= 0.6 is 11.3 Å². The predicted molar refractivity (Wildman–Crippen MR) is 114 cm³/mol. The van der Waals surface area contributed by atoms with Gasteiger partial charge in [0.1, 0.15) is 11.2 Å². The second-order valence-electron chi connectivity index (χ2n) is 8.50. The third-order valence-corrected chi connectivity index (χ3v) is 8.13. The van der Waals surface area contributed by atoms with Gasteiger partial charge in [-0.25, -0.2) is 0 Å². The van der Waals surface area contributed by atoms with Crippen molar-refractivity contribution >= 4 is 17.2 Å². The quantitative estimate of drug-likeness (QED) is 0.796. The summed E-state index contributed by atoms with van der Waals surface area (Å²) in [6.07, 6.45) is 3.55. The van der Waals surface area contributed by atoms with Gasteiger partial charge >= 0.3 is 0 Å². The predicted octanol–water partition coefficient (Wildman–Crippen LogP) is 2.92. The van der Waals surface area contributed by atoms with Crippen molar-refractivity contribution in [2.75, 3.05) is 32.8 Å². The number of piperidine rings is 2. The minimum Gasteiger partial charge on any atom is -0.380 e. The lowest BCUT2D eigenvalue weighted by molar-refractivity contribution is -0.161. The van der Waals surface area contributed by atoms with E-state index in [-0.39, 0.29) is 11.5 Å². The summed E-state index contributed by atoms with van der Waals surface area (Å²) in [6, 6.07) is 12.9. The lowest BCUT2D eigenvalue weighted by atomic mass is 9.83. The number of aliphatic hydroxyl groups is 1. The van der Waals surface area contributed by atoms with Gasteiger partial charge < -0.3 is 20.1 Å².